The number of carbonyl (C=O) groups is 2. The number of benzene rings is 2. The van der Waals surface area contributed by atoms with E-state index < -0.39 is 5.60 Å². The van der Waals surface area contributed by atoms with Crippen molar-refractivity contribution < 1.29 is 18.7 Å². The number of nitrogens with zero attached hydrogens (tertiary/aromatic N) is 1. The van der Waals surface area contributed by atoms with Gasteiger partial charge in [-0.1, -0.05) is 24.3 Å². The van der Waals surface area contributed by atoms with Crippen LogP contribution in [0.5, 0.6) is 5.75 Å². The first-order valence-electron chi connectivity index (χ1n) is 10.0. The van der Waals surface area contributed by atoms with E-state index in [4.69, 9.17) is 4.74 Å². The molecule has 1 N–H and O–H groups in total. The molecule has 0 aromatic heterocycles. The fraction of sp³-hybridized carbons (Fsp3) is 0.391. The van der Waals surface area contributed by atoms with Crippen LogP contribution in [0.2, 0.25) is 0 Å². The molecule has 1 fully saturated rings. The molecule has 6 heteroatoms. The van der Waals surface area contributed by atoms with E-state index in [2.05, 4.69) is 5.32 Å². The van der Waals surface area contributed by atoms with E-state index in [-0.39, 0.29) is 23.5 Å². The molecule has 0 atom stereocenters. The van der Waals surface area contributed by atoms with Gasteiger partial charge in [-0.15, -0.1) is 0 Å². The Morgan fingerprint density at radius 2 is 1.86 bits per heavy atom. The number of hydrogen-bond acceptors (Lipinski definition) is 3. The Labute approximate surface area is 169 Å². The first-order valence-corrected chi connectivity index (χ1v) is 10.0. The van der Waals surface area contributed by atoms with E-state index >= 15 is 0 Å². The van der Waals surface area contributed by atoms with Crippen LogP contribution in [0.4, 0.5) is 4.39 Å². The smallest absolute Gasteiger partial charge is 0.257 e. The monoisotopic (exact) mass is 396 g/mol. The molecule has 1 aliphatic carbocycles. The largest absolute Gasteiger partial charge is 0.485 e. The molecule has 4 rings (SSSR count). The molecule has 29 heavy (non-hydrogen) atoms. The number of hydrogen-bond donors (Lipinski definition) is 1. The first-order chi connectivity index (χ1) is 14.0. The second-order valence-corrected chi connectivity index (χ2v) is 8.06. The molecule has 2 aromatic carbocycles. The zero-order chi connectivity index (χ0) is 20.4. The number of ether oxygens (including phenoxy) is 1. The Morgan fingerprint density at radius 3 is 2.59 bits per heavy atom. The van der Waals surface area contributed by atoms with Crippen LogP contribution in [0, 0.1) is 11.7 Å². The van der Waals surface area contributed by atoms with E-state index in [0.29, 0.717) is 50.1 Å². The summed E-state index contributed by atoms with van der Waals surface area (Å²) in [5, 5.41) is 2.96. The molecule has 2 aliphatic rings. The molecular formula is C23H25FN2O3. The topological polar surface area (TPSA) is 58.6 Å². The second-order valence-electron chi connectivity index (χ2n) is 8.06. The molecule has 2 aromatic rings. The van der Waals surface area contributed by atoms with E-state index in [1.165, 1.54) is 12.1 Å². The predicted molar refractivity (Wildman–Crippen MR) is 107 cm³/mol. The highest BCUT2D eigenvalue weighted by Gasteiger charge is 2.43. The number of carbonyl (C=O) groups excluding carboxylic acids is 2. The maximum absolute atomic E-state index is 13.0. The summed E-state index contributed by atoms with van der Waals surface area (Å²) in [5.74, 6) is 0.246. The van der Waals surface area contributed by atoms with Gasteiger partial charge in [0.05, 0.1) is 12.1 Å². The third kappa shape index (κ3) is 4.11. The van der Waals surface area contributed by atoms with Crippen molar-refractivity contribution in [1.82, 2.24) is 10.2 Å². The van der Waals surface area contributed by atoms with Gasteiger partial charge in [0.15, 0.2) is 0 Å². The van der Waals surface area contributed by atoms with Crippen LogP contribution in [0.25, 0.3) is 0 Å². The van der Waals surface area contributed by atoms with E-state index in [0.717, 1.165) is 5.56 Å². The average Bonchev–Trinajstić information content (AvgIpc) is 2.83. The third-order valence-corrected chi connectivity index (χ3v) is 5.96. The molecule has 0 saturated heterocycles. The second kappa shape index (κ2) is 7.85. The molecule has 2 amide bonds. The van der Waals surface area contributed by atoms with Gasteiger partial charge in [0, 0.05) is 19.5 Å². The number of rotatable bonds is 3. The Hall–Kier alpha value is -2.89. The van der Waals surface area contributed by atoms with E-state index in [1.54, 1.807) is 30.1 Å². The van der Waals surface area contributed by atoms with Crippen molar-refractivity contribution in [2.24, 2.45) is 5.92 Å². The quantitative estimate of drug-likeness (QED) is 0.863. The summed E-state index contributed by atoms with van der Waals surface area (Å²) in [6.45, 7) is 0.909. The lowest BCUT2D eigenvalue weighted by Gasteiger charge is -2.40. The van der Waals surface area contributed by atoms with Gasteiger partial charge in [0.25, 0.3) is 5.91 Å². The van der Waals surface area contributed by atoms with Gasteiger partial charge in [0.2, 0.25) is 5.91 Å². The standard InChI is InChI=1S/C23H25FN2O3/c1-26-15-23(29-20-5-3-2-4-19(20)22(26)28)12-10-17(11-13-23)21(27)25-14-16-6-8-18(24)9-7-16/h2-9,17H,10-15H2,1H3,(H,25,27). The number of likely N-dealkylation sites (N-methyl/N-ethyl adjacent to an activating group) is 1. The van der Waals surface area contributed by atoms with E-state index in [9.17, 15) is 14.0 Å². The van der Waals surface area contributed by atoms with Gasteiger partial charge in [-0.05, 0) is 55.5 Å². The zero-order valence-electron chi connectivity index (χ0n) is 16.5. The van der Waals surface area contributed by atoms with Gasteiger partial charge in [0.1, 0.15) is 17.2 Å². The van der Waals surface area contributed by atoms with Gasteiger partial charge >= 0.3 is 0 Å². The van der Waals surface area contributed by atoms with Gasteiger partial charge in [-0.3, -0.25) is 9.59 Å². The van der Waals surface area contributed by atoms with Crippen molar-refractivity contribution in [3.63, 3.8) is 0 Å². The minimum absolute atomic E-state index is 0.0163. The summed E-state index contributed by atoms with van der Waals surface area (Å²) in [6.07, 6.45) is 2.85. The predicted octanol–water partition coefficient (Wildman–Crippen LogP) is 3.54. The Morgan fingerprint density at radius 1 is 1.17 bits per heavy atom. The Kier molecular flexibility index (Phi) is 5.26. The highest BCUT2D eigenvalue weighted by Crippen LogP contribution is 2.39. The van der Waals surface area contributed by atoms with Gasteiger partial charge in [-0.25, -0.2) is 4.39 Å². The van der Waals surface area contributed by atoms with Crippen molar-refractivity contribution in [1.29, 1.82) is 0 Å². The molecule has 1 heterocycles. The highest BCUT2D eigenvalue weighted by molar-refractivity contribution is 5.97. The lowest BCUT2D eigenvalue weighted by Crippen LogP contribution is -2.49. The molecule has 0 unspecified atom stereocenters. The molecule has 0 bridgehead atoms. The van der Waals surface area contributed by atoms with Crippen molar-refractivity contribution in [3.8, 4) is 5.75 Å². The Bertz CT molecular complexity index is 905. The Balaban J connectivity index is 1.39. The maximum atomic E-state index is 13.0. The molecule has 1 spiro atoms. The average molecular weight is 396 g/mol. The minimum atomic E-state index is -0.454. The maximum Gasteiger partial charge on any atom is 0.257 e. The van der Waals surface area contributed by atoms with Crippen LogP contribution in [-0.4, -0.2) is 35.9 Å². The summed E-state index contributed by atoms with van der Waals surface area (Å²) in [5.41, 5.74) is 1.01. The number of amides is 2. The molecule has 5 nitrogen and oxygen atoms in total. The summed E-state index contributed by atoms with van der Waals surface area (Å²) < 4.78 is 19.4. The van der Waals surface area contributed by atoms with Crippen LogP contribution in [0.15, 0.2) is 48.5 Å². The van der Waals surface area contributed by atoms with Crippen LogP contribution >= 0.6 is 0 Å². The molecule has 1 aliphatic heterocycles. The number of nitrogens with one attached hydrogen (secondary N) is 1. The fourth-order valence-corrected chi connectivity index (χ4v) is 4.31. The lowest BCUT2D eigenvalue weighted by atomic mass is 9.78. The minimum Gasteiger partial charge on any atom is -0.485 e. The number of fused-ring (bicyclic) bond motifs is 1. The number of halogens is 1. The first kappa shape index (κ1) is 19.4. The summed E-state index contributed by atoms with van der Waals surface area (Å²) in [6, 6.07) is 13.5. The van der Waals surface area contributed by atoms with Crippen LogP contribution < -0.4 is 10.1 Å². The summed E-state index contributed by atoms with van der Waals surface area (Å²) >= 11 is 0. The van der Waals surface area contributed by atoms with Gasteiger partial charge in [-0.2, -0.15) is 0 Å². The summed E-state index contributed by atoms with van der Waals surface area (Å²) in [7, 11) is 1.80. The third-order valence-electron chi connectivity index (χ3n) is 5.96. The van der Waals surface area contributed by atoms with Crippen molar-refractivity contribution >= 4 is 11.8 Å². The van der Waals surface area contributed by atoms with Crippen LogP contribution in [0.1, 0.15) is 41.6 Å². The van der Waals surface area contributed by atoms with Crippen molar-refractivity contribution in [3.05, 3.63) is 65.5 Å². The van der Waals surface area contributed by atoms with Gasteiger partial charge < -0.3 is 15.0 Å². The zero-order valence-corrected chi connectivity index (χ0v) is 16.5. The van der Waals surface area contributed by atoms with Crippen molar-refractivity contribution in [2.45, 2.75) is 37.8 Å². The SMILES string of the molecule is CN1CC2(CCC(C(=O)NCc3ccc(F)cc3)CC2)Oc2ccccc2C1=O. The van der Waals surface area contributed by atoms with Crippen LogP contribution in [0.3, 0.4) is 0 Å². The normalized spacial score (nSPS) is 23.9. The fourth-order valence-electron chi connectivity index (χ4n) is 4.31. The molecular weight excluding hydrogens is 371 g/mol. The van der Waals surface area contributed by atoms with Crippen LogP contribution in [-0.2, 0) is 11.3 Å². The molecule has 1 saturated carbocycles. The van der Waals surface area contributed by atoms with E-state index in [1.807, 2.05) is 18.2 Å². The summed E-state index contributed by atoms with van der Waals surface area (Å²) in [4.78, 5) is 27.0. The highest BCUT2D eigenvalue weighted by atomic mass is 19.1. The van der Waals surface area contributed by atoms with Crippen molar-refractivity contribution in [2.75, 3.05) is 13.6 Å². The lowest BCUT2D eigenvalue weighted by molar-refractivity contribution is -0.127. The molecule has 152 valence electrons. The molecule has 0 radical (unpaired) electrons. The number of para-hydroxylation sites is 1.